The zero-order chi connectivity index (χ0) is 22.6. The van der Waals surface area contributed by atoms with Crippen molar-refractivity contribution in [2.45, 2.75) is 116 Å². The summed E-state index contributed by atoms with van der Waals surface area (Å²) >= 11 is 0. The van der Waals surface area contributed by atoms with Crippen molar-refractivity contribution in [3.05, 3.63) is 22.8 Å². The minimum Gasteiger partial charge on any atom is -0.461 e. The number of rotatable bonds is 20. The van der Waals surface area contributed by atoms with Crippen molar-refractivity contribution in [2.75, 3.05) is 6.61 Å². The molecule has 0 aliphatic rings. The van der Waals surface area contributed by atoms with E-state index in [1.807, 2.05) is 0 Å². The monoisotopic (exact) mass is 427 g/mol. The molecule has 0 saturated heterocycles. The van der Waals surface area contributed by atoms with E-state index < -0.39 is 18.1 Å². The zero-order valence-corrected chi connectivity index (χ0v) is 18.9. The van der Waals surface area contributed by atoms with E-state index in [0.29, 0.717) is 25.7 Å². The molecule has 0 heterocycles. The van der Waals surface area contributed by atoms with Gasteiger partial charge in [-0.1, -0.05) is 70.9 Å². The minimum absolute atomic E-state index is 0.220. The number of hydrogen-bond donors (Lipinski definition) is 0. The number of esters is 2. The summed E-state index contributed by atoms with van der Waals surface area (Å²) in [6.07, 6.45) is 12.9. The molecule has 0 aromatic carbocycles. The van der Waals surface area contributed by atoms with Crippen LogP contribution in [0.3, 0.4) is 0 Å². The maximum absolute atomic E-state index is 11.6. The molecule has 0 fully saturated rings. The van der Waals surface area contributed by atoms with Crippen LogP contribution in [-0.2, 0) is 19.1 Å². The summed E-state index contributed by atoms with van der Waals surface area (Å²) < 4.78 is 10.2. The standard InChI is InChI=1S/C23H41NO6/c1-4-6-7-8-11-14-17-22(30-20(3)25)21(24(27)28)16-13-10-9-12-15-18-23(26)29-19-5-2/h5,21-22H,2,4,6-19H2,1,3H3. The van der Waals surface area contributed by atoms with Gasteiger partial charge in [0, 0.05) is 24.7 Å². The lowest BCUT2D eigenvalue weighted by atomic mass is 9.97. The van der Waals surface area contributed by atoms with Gasteiger partial charge in [0.05, 0.1) is 0 Å². The second kappa shape index (κ2) is 19.1. The van der Waals surface area contributed by atoms with Crippen LogP contribution in [-0.4, -0.2) is 35.6 Å². The van der Waals surface area contributed by atoms with Crippen LogP contribution in [0.1, 0.15) is 104 Å². The second-order valence-corrected chi connectivity index (χ2v) is 7.84. The van der Waals surface area contributed by atoms with Crippen molar-refractivity contribution in [3.8, 4) is 0 Å². The van der Waals surface area contributed by atoms with E-state index in [9.17, 15) is 19.7 Å². The number of nitrogens with zero attached hydrogens (tertiary/aromatic N) is 1. The predicted molar refractivity (Wildman–Crippen MR) is 118 cm³/mol. The Labute approximate surface area is 181 Å². The molecule has 7 nitrogen and oxygen atoms in total. The molecule has 0 N–H and O–H groups in total. The summed E-state index contributed by atoms with van der Waals surface area (Å²) in [5.74, 6) is -0.677. The summed E-state index contributed by atoms with van der Waals surface area (Å²) in [7, 11) is 0. The van der Waals surface area contributed by atoms with Gasteiger partial charge >= 0.3 is 11.9 Å². The van der Waals surface area contributed by atoms with Gasteiger partial charge in [-0.3, -0.25) is 19.7 Å². The third-order valence-corrected chi connectivity index (χ3v) is 5.10. The summed E-state index contributed by atoms with van der Waals surface area (Å²) in [5.41, 5.74) is 0. The summed E-state index contributed by atoms with van der Waals surface area (Å²) in [6.45, 7) is 7.21. The van der Waals surface area contributed by atoms with Crippen molar-refractivity contribution in [1.29, 1.82) is 0 Å². The Balaban J connectivity index is 4.22. The molecule has 0 spiro atoms. The lowest BCUT2D eigenvalue weighted by molar-refractivity contribution is -0.535. The Kier molecular flexibility index (Phi) is 17.8. The minimum atomic E-state index is -0.849. The van der Waals surface area contributed by atoms with Gasteiger partial charge in [-0.2, -0.15) is 0 Å². The van der Waals surface area contributed by atoms with Gasteiger partial charge in [0.2, 0.25) is 6.04 Å². The maximum atomic E-state index is 11.6. The largest absolute Gasteiger partial charge is 0.461 e. The fraction of sp³-hybridized carbons (Fsp3) is 0.826. The van der Waals surface area contributed by atoms with E-state index >= 15 is 0 Å². The number of hydrogen-bond acceptors (Lipinski definition) is 6. The first-order valence-electron chi connectivity index (χ1n) is 11.5. The normalized spacial score (nSPS) is 12.7. The average molecular weight is 428 g/mol. The van der Waals surface area contributed by atoms with E-state index in [0.717, 1.165) is 44.9 Å². The van der Waals surface area contributed by atoms with E-state index in [2.05, 4.69) is 13.5 Å². The molecule has 7 heteroatoms. The topological polar surface area (TPSA) is 95.7 Å². The number of carbonyl (C=O) groups excluding carboxylic acids is 2. The molecule has 30 heavy (non-hydrogen) atoms. The van der Waals surface area contributed by atoms with E-state index in [4.69, 9.17) is 9.47 Å². The highest BCUT2D eigenvalue weighted by molar-refractivity contribution is 5.69. The van der Waals surface area contributed by atoms with Crippen molar-refractivity contribution in [1.82, 2.24) is 0 Å². The van der Waals surface area contributed by atoms with Gasteiger partial charge in [0.25, 0.3) is 0 Å². The van der Waals surface area contributed by atoms with Crippen LogP contribution in [0, 0.1) is 10.1 Å². The van der Waals surface area contributed by atoms with Gasteiger partial charge < -0.3 is 9.47 Å². The van der Waals surface area contributed by atoms with Crippen molar-refractivity contribution in [2.24, 2.45) is 0 Å². The second-order valence-electron chi connectivity index (χ2n) is 7.84. The molecule has 0 aromatic rings. The Morgan fingerprint density at radius 1 is 0.967 bits per heavy atom. The zero-order valence-electron chi connectivity index (χ0n) is 18.9. The van der Waals surface area contributed by atoms with Gasteiger partial charge in [-0.25, -0.2) is 0 Å². The molecule has 0 amide bonds. The Hall–Kier alpha value is -1.92. The van der Waals surface area contributed by atoms with Crippen LogP contribution < -0.4 is 0 Å². The van der Waals surface area contributed by atoms with Crippen molar-refractivity contribution >= 4 is 11.9 Å². The van der Waals surface area contributed by atoms with Gasteiger partial charge in [-0.05, 0) is 25.7 Å². The highest BCUT2D eigenvalue weighted by Gasteiger charge is 2.33. The van der Waals surface area contributed by atoms with Crippen LogP contribution in [0.4, 0.5) is 0 Å². The summed E-state index contributed by atoms with van der Waals surface area (Å²) in [5, 5.41) is 11.6. The van der Waals surface area contributed by atoms with Gasteiger partial charge in [-0.15, -0.1) is 0 Å². The molecule has 0 aromatic heterocycles. The smallest absolute Gasteiger partial charge is 0.306 e. The number of carbonyl (C=O) groups is 2. The van der Waals surface area contributed by atoms with Crippen LogP contribution in [0.15, 0.2) is 12.7 Å². The van der Waals surface area contributed by atoms with Crippen LogP contribution in [0.25, 0.3) is 0 Å². The summed E-state index contributed by atoms with van der Waals surface area (Å²) in [4.78, 5) is 34.1. The van der Waals surface area contributed by atoms with E-state index in [1.54, 1.807) is 6.08 Å². The van der Waals surface area contributed by atoms with Crippen LogP contribution >= 0.6 is 0 Å². The predicted octanol–water partition coefficient (Wildman–Crippen LogP) is 5.77. The van der Waals surface area contributed by atoms with Gasteiger partial charge in [0.15, 0.2) is 6.10 Å². The SMILES string of the molecule is C=CCOC(=O)CCCCCCCC(C(CCCCCCCC)OC(C)=O)[N+](=O)[O-]. The van der Waals surface area contributed by atoms with Crippen molar-refractivity contribution < 1.29 is 24.0 Å². The quantitative estimate of drug-likeness (QED) is 0.0804. The first-order valence-corrected chi connectivity index (χ1v) is 11.5. The molecule has 174 valence electrons. The first-order chi connectivity index (χ1) is 14.4. The Morgan fingerprint density at radius 2 is 1.53 bits per heavy atom. The van der Waals surface area contributed by atoms with Crippen LogP contribution in [0.2, 0.25) is 0 Å². The Bertz CT molecular complexity index is 494. The number of nitro groups is 1. The molecular formula is C23H41NO6. The maximum Gasteiger partial charge on any atom is 0.306 e. The lowest BCUT2D eigenvalue weighted by Gasteiger charge is -2.21. The molecule has 0 aliphatic heterocycles. The van der Waals surface area contributed by atoms with Crippen molar-refractivity contribution in [3.63, 3.8) is 0 Å². The average Bonchev–Trinajstić information content (AvgIpc) is 2.69. The molecule has 0 saturated carbocycles. The molecule has 0 aliphatic carbocycles. The highest BCUT2D eigenvalue weighted by atomic mass is 16.6. The summed E-state index contributed by atoms with van der Waals surface area (Å²) in [6, 6.07) is -0.849. The van der Waals surface area contributed by atoms with E-state index in [1.165, 1.54) is 26.2 Å². The Morgan fingerprint density at radius 3 is 2.10 bits per heavy atom. The fourth-order valence-electron chi connectivity index (χ4n) is 3.47. The first kappa shape index (κ1) is 28.1. The van der Waals surface area contributed by atoms with Crippen LogP contribution in [0.5, 0.6) is 0 Å². The number of ether oxygens (including phenoxy) is 2. The number of unbranched alkanes of at least 4 members (excludes halogenated alkanes) is 9. The molecular weight excluding hydrogens is 386 g/mol. The molecule has 2 atom stereocenters. The molecule has 2 unspecified atom stereocenters. The lowest BCUT2D eigenvalue weighted by Crippen LogP contribution is -2.37. The molecule has 0 bridgehead atoms. The third kappa shape index (κ3) is 15.9. The molecule has 0 rings (SSSR count). The molecule has 0 radical (unpaired) electrons. The highest BCUT2D eigenvalue weighted by Crippen LogP contribution is 2.20. The third-order valence-electron chi connectivity index (χ3n) is 5.10. The van der Waals surface area contributed by atoms with E-state index in [-0.39, 0.29) is 17.5 Å². The van der Waals surface area contributed by atoms with Gasteiger partial charge in [0.1, 0.15) is 6.61 Å². The fourth-order valence-corrected chi connectivity index (χ4v) is 3.47.